The van der Waals surface area contributed by atoms with E-state index in [9.17, 15) is 0 Å². The van der Waals surface area contributed by atoms with E-state index in [4.69, 9.17) is 0 Å². The fourth-order valence-electron chi connectivity index (χ4n) is 2.64. The van der Waals surface area contributed by atoms with Crippen molar-refractivity contribution in [2.45, 2.75) is 47.0 Å². The molecule has 0 spiro atoms. The average molecular weight is 214 g/mol. The van der Waals surface area contributed by atoms with Crippen LogP contribution >= 0.6 is 0 Å². The van der Waals surface area contributed by atoms with Crippen LogP contribution < -0.4 is 0 Å². The van der Waals surface area contributed by atoms with Crippen LogP contribution in [0, 0.1) is 19.8 Å². The zero-order valence-electron chi connectivity index (χ0n) is 11.1. The minimum absolute atomic E-state index is 0.631. The van der Waals surface area contributed by atoms with E-state index in [2.05, 4.69) is 52.8 Å². The summed E-state index contributed by atoms with van der Waals surface area (Å²) in [6.45, 7) is 11.4. The summed E-state index contributed by atoms with van der Waals surface area (Å²) in [4.78, 5) is 0. The number of fused-ring (bicyclic) bond motifs is 1. The van der Waals surface area contributed by atoms with Gasteiger partial charge in [0.1, 0.15) is 0 Å². The van der Waals surface area contributed by atoms with Gasteiger partial charge in [-0.1, -0.05) is 39.0 Å². The van der Waals surface area contributed by atoms with E-state index in [1.807, 2.05) is 0 Å². The van der Waals surface area contributed by atoms with Crippen molar-refractivity contribution in [1.82, 2.24) is 0 Å². The average Bonchev–Trinajstić information content (AvgIpc) is 2.22. The number of allylic oxidation sites excluding steroid dienone is 1. The molecule has 0 radical (unpaired) electrons. The zero-order valence-corrected chi connectivity index (χ0v) is 11.1. The molecule has 0 aromatic heterocycles. The van der Waals surface area contributed by atoms with Gasteiger partial charge in [0, 0.05) is 0 Å². The van der Waals surface area contributed by atoms with Crippen molar-refractivity contribution in [3.63, 3.8) is 0 Å². The minimum atomic E-state index is 0.631. The van der Waals surface area contributed by atoms with Crippen molar-refractivity contribution < 1.29 is 0 Å². The molecule has 16 heavy (non-hydrogen) atoms. The normalized spacial score (nSPS) is 19.0. The highest BCUT2D eigenvalue weighted by Crippen LogP contribution is 2.33. The van der Waals surface area contributed by atoms with E-state index in [1.165, 1.54) is 23.1 Å². The van der Waals surface area contributed by atoms with Crippen LogP contribution in [0.2, 0.25) is 0 Å². The highest BCUT2D eigenvalue weighted by Gasteiger charge is 2.18. The molecule has 86 valence electrons. The molecule has 0 saturated heterocycles. The van der Waals surface area contributed by atoms with Crippen LogP contribution in [0.4, 0.5) is 0 Å². The smallest absolute Gasteiger partial charge is 0.0193 e. The van der Waals surface area contributed by atoms with Crippen LogP contribution in [-0.4, -0.2) is 0 Å². The third-order valence-corrected chi connectivity index (χ3v) is 3.78. The predicted molar refractivity (Wildman–Crippen MR) is 71.9 cm³/mol. The summed E-state index contributed by atoms with van der Waals surface area (Å²) in [6, 6.07) is 2.39. The fourth-order valence-corrected chi connectivity index (χ4v) is 2.64. The van der Waals surface area contributed by atoms with Crippen LogP contribution in [-0.2, 0) is 6.42 Å². The van der Waals surface area contributed by atoms with Gasteiger partial charge in [0.2, 0.25) is 0 Å². The second kappa shape index (κ2) is 4.08. The highest BCUT2D eigenvalue weighted by molar-refractivity contribution is 5.64. The van der Waals surface area contributed by atoms with Gasteiger partial charge in [-0.05, 0) is 59.9 Å². The van der Waals surface area contributed by atoms with Crippen molar-refractivity contribution in [3.8, 4) is 0 Å². The maximum Gasteiger partial charge on any atom is -0.0193 e. The topological polar surface area (TPSA) is 0 Å². The molecule has 0 heteroatoms. The standard InChI is InChI=1S/C16H22/c1-10(2)15-9-12(4)13(5)14-7-6-11(3)8-16(14)15/h6-7,9-11H,8H2,1-5H3. The molecule has 1 unspecified atom stereocenters. The van der Waals surface area contributed by atoms with E-state index in [0.717, 1.165) is 0 Å². The summed E-state index contributed by atoms with van der Waals surface area (Å²) in [5.74, 6) is 1.32. The Hall–Kier alpha value is -1.04. The summed E-state index contributed by atoms with van der Waals surface area (Å²) in [5, 5.41) is 0. The third-order valence-electron chi connectivity index (χ3n) is 3.78. The number of aryl methyl sites for hydroxylation is 1. The number of hydrogen-bond donors (Lipinski definition) is 0. The van der Waals surface area contributed by atoms with Crippen LogP contribution in [0.3, 0.4) is 0 Å². The van der Waals surface area contributed by atoms with Gasteiger partial charge in [-0.3, -0.25) is 0 Å². The molecular formula is C16H22. The molecule has 0 bridgehead atoms. The summed E-state index contributed by atoms with van der Waals surface area (Å²) in [5.41, 5.74) is 7.52. The molecule has 1 aromatic carbocycles. The molecule has 0 fully saturated rings. The first-order valence-corrected chi connectivity index (χ1v) is 6.32. The lowest BCUT2D eigenvalue weighted by molar-refractivity contribution is 0.698. The first-order chi connectivity index (χ1) is 7.50. The van der Waals surface area contributed by atoms with E-state index >= 15 is 0 Å². The van der Waals surface area contributed by atoms with E-state index < -0.39 is 0 Å². The van der Waals surface area contributed by atoms with Gasteiger partial charge in [0.05, 0.1) is 0 Å². The van der Waals surface area contributed by atoms with Gasteiger partial charge in [-0.2, -0.15) is 0 Å². The van der Waals surface area contributed by atoms with Gasteiger partial charge >= 0.3 is 0 Å². The molecule has 0 heterocycles. The number of hydrogen-bond acceptors (Lipinski definition) is 0. The van der Waals surface area contributed by atoms with Gasteiger partial charge in [0.25, 0.3) is 0 Å². The molecule has 0 saturated carbocycles. The van der Waals surface area contributed by atoms with E-state index in [1.54, 1.807) is 11.1 Å². The SMILES string of the molecule is Cc1cc(C(C)C)c2c(c1C)C=CC(C)C2. The maximum absolute atomic E-state index is 2.39. The van der Waals surface area contributed by atoms with Crippen molar-refractivity contribution in [2.75, 3.05) is 0 Å². The Kier molecular flexibility index (Phi) is 2.92. The Balaban J connectivity index is 2.67. The minimum Gasteiger partial charge on any atom is -0.0807 e. The van der Waals surface area contributed by atoms with E-state index in [-0.39, 0.29) is 0 Å². The lowest BCUT2D eigenvalue weighted by Crippen LogP contribution is -2.10. The van der Waals surface area contributed by atoms with Gasteiger partial charge in [0.15, 0.2) is 0 Å². The second-order valence-electron chi connectivity index (χ2n) is 5.50. The summed E-state index contributed by atoms with van der Waals surface area (Å²) < 4.78 is 0. The van der Waals surface area contributed by atoms with Crippen molar-refractivity contribution in [2.24, 2.45) is 5.92 Å². The third kappa shape index (κ3) is 1.81. The number of benzene rings is 1. The van der Waals surface area contributed by atoms with Crippen LogP contribution in [0.25, 0.3) is 6.08 Å². The maximum atomic E-state index is 2.39. The second-order valence-corrected chi connectivity index (χ2v) is 5.50. The van der Waals surface area contributed by atoms with Gasteiger partial charge in [-0.15, -0.1) is 0 Å². The van der Waals surface area contributed by atoms with Crippen LogP contribution in [0.1, 0.15) is 54.5 Å². The molecule has 1 aliphatic rings. The molecule has 1 aromatic rings. The zero-order chi connectivity index (χ0) is 11.9. The number of rotatable bonds is 1. The van der Waals surface area contributed by atoms with Crippen molar-refractivity contribution in [1.29, 1.82) is 0 Å². The molecular weight excluding hydrogens is 192 g/mol. The molecule has 1 atom stereocenters. The van der Waals surface area contributed by atoms with Crippen LogP contribution in [0.5, 0.6) is 0 Å². The quantitative estimate of drug-likeness (QED) is 0.639. The van der Waals surface area contributed by atoms with Gasteiger partial charge < -0.3 is 0 Å². The lowest BCUT2D eigenvalue weighted by atomic mass is 9.81. The largest absolute Gasteiger partial charge is 0.0807 e. The molecule has 0 amide bonds. The predicted octanol–water partition coefficient (Wildman–Crippen LogP) is 4.63. The van der Waals surface area contributed by atoms with Crippen molar-refractivity contribution >= 4 is 6.08 Å². The first kappa shape index (κ1) is 11.4. The molecule has 0 N–H and O–H groups in total. The Bertz CT molecular complexity index is 436. The summed E-state index contributed by atoms with van der Waals surface area (Å²) in [6.07, 6.45) is 5.89. The summed E-state index contributed by atoms with van der Waals surface area (Å²) in [7, 11) is 0. The summed E-state index contributed by atoms with van der Waals surface area (Å²) >= 11 is 0. The fraction of sp³-hybridized carbons (Fsp3) is 0.500. The molecule has 0 nitrogen and oxygen atoms in total. The van der Waals surface area contributed by atoms with Gasteiger partial charge in [-0.25, -0.2) is 0 Å². The highest BCUT2D eigenvalue weighted by atomic mass is 14.2. The monoisotopic (exact) mass is 214 g/mol. The Morgan fingerprint density at radius 1 is 1.25 bits per heavy atom. The molecule has 0 aliphatic heterocycles. The molecule has 2 rings (SSSR count). The Morgan fingerprint density at radius 3 is 2.56 bits per heavy atom. The van der Waals surface area contributed by atoms with Crippen LogP contribution in [0.15, 0.2) is 12.1 Å². The van der Waals surface area contributed by atoms with Crippen molar-refractivity contribution in [3.05, 3.63) is 40.0 Å². The Labute approximate surface area is 99.4 Å². The molecule has 1 aliphatic carbocycles. The lowest BCUT2D eigenvalue weighted by Gasteiger charge is -2.24. The van der Waals surface area contributed by atoms with E-state index in [0.29, 0.717) is 11.8 Å². The first-order valence-electron chi connectivity index (χ1n) is 6.32. The Morgan fingerprint density at radius 2 is 1.94 bits per heavy atom.